The zero-order valence-corrected chi connectivity index (χ0v) is 8.75. The highest BCUT2D eigenvalue weighted by atomic mass is 16.1. The number of rotatable bonds is 3. The molecule has 2 N–H and O–H groups in total. The average molecular weight is 183 g/mol. The molecule has 1 saturated carbocycles. The SMILES string of the molecule is CCCC1CC(C(N)=O)CCC1C. The van der Waals surface area contributed by atoms with Crippen LogP contribution in [0.1, 0.15) is 46.0 Å². The van der Waals surface area contributed by atoms with E-state index in [1.54, 1.807) is 0 Å². The zero-order valence-electron chi connectivity index (χ0n) is 8.75. The standard InChI is InChI=1S/C11H21NO/c1-3-4-9-7-10(11(12)13)6-5-8(9)2/h8-10H,3-7H2,1-2H3,(H2,12,13). The zero-order chi connectivity index (χ0) is 9.84. The third kappa shape index (κ3) is 2.71. The van der Waals surface area contributed by atoms with Gasteiger partial charge in [0.2, 0.25) is 5.91 Å². The predicted octanol–water partition coefficient (Wildman–Crippen LogP) is 2.32. The maximum absolute atomic E-state index is 11.0. The summed E-state index contributed by atoms with van der Waals surface area (Å²) in [7, 11) is 0. The maximum atomic E-state index is 11.0. The summed E-state index contributed by atoms with van der Waals surface area (Å²) in [6, 6.07) is 0. The molecule has 0 bridgehead atoms. The molecule has 0 heterocycles. The summed E-state index contributed by atoms with van der Waals surface area (Å²) in [5, 5.41) is 0. The Labute approximate surface area is 80.9 Å². The van der Waals surface area contributed by atoms with Gasteiger partial charge in [-0.25, -0.2) is 0 Å². The first-order valence-electron chi connectivity index (χ1n) is 5.44. The van der Waals surface area contributed by atoms with Gasteiger partial charge in [0.1, 0.15) is 0 Å². The normalized spacial score (nSPS) is 34.5. The van der Waals surface area contributed by atoms with Gasteiger partial charge in [-0.3, -0.25) is 4.79 Å². The molecule has 1 aliphatic carbocycles. The van der Waals surface area contributed by atoms with E-state index >= 15 is 0 Å². The van der Waals surface area contributed by atoms with Crippen LogP contribution in [0.15, 0.2) is 0 Å². The summed E-state index contributed by atoms with van der Waals surface area (Å²) in [4.78, 5) is 11.0. The van der Waals surface area contributed by atoms with E-state index in [-0.39, 0.29) is 11.8 Å². The van der Waals surface area contributed by atoms with Crippen LogP contribution in [0.2, 0.25) is 0 Å². The first kappa shape index (κ1) is 10.6. The Morgan fingerprint density at radius 1 is 1.46 bits per heavy atom. The molecule has 0 aromatic rings. The topological polar surface area (TPSA) is 43.1 Å². The minimum atomic E-state index is -0.0898. The minimum absolute atomic E-state index is 0.0898. The molecule has 2 heteroatoms. The van der Waals surface area contributed by atoms with Gasteiger partial charge in [0.05, 0.1) is 0 Å². The van der Waals surface area contributed by atoms with Crippen molar-refractivity contribution in [2.45, 2.75) is 46.0 Å². The van der Waals surface area contributed by atoms with Crippen molar-refractivity contribution < 1.29 is 4.79 Å². The van der Waals surface area contributed by atoms with Crippen LogP contribution < -0.4 is 5.73 Å². The fourth-order valence-corrected chi connectivity index (χ4v) is 2.45. The smallest absolute Gasteiger partial charge is 0.220 e. The third-order valence-corrected chi connectivity index (χ3v) is 3.42. The van der Waals surface area contributed by atoms with Crippen LogP contribution in [-0.4, -0.2) is 5.91 Å². The Morgan fingerprint density at radius 3 is 2.69 bits per heavy atom. The van der Waals surface area contributed by atoms with Crippen molar-refractivity contribution >= 4 is 5.91 Å². The molecule has 0 saturated heterocycles. The molecule has 0 aromatic heterocycles. The number of hydrogen-bond acceptors (Lipinski definition) is 1. The second-order valence-corrected chi connectivity index (χ2v) is 4.44. The first-order valence-corrected chi connectivity index (χ1v) is 5.44. The number of primary amides is 1. The van der Waals surface area contributed by atoms with Gasteiger partial charge in [-0.1, -0.05) is 26.7 Å². The molecular weight excluding hydrogens is 162 g/mol. The lowest BCUT2D eigenvalue weighted by Crippen LogP contribution is -2.31. The van der Waals surface area contributed by atoms with Crippen molar-refractivity contribution in [2.75, 3.05) is 0 Å². The first-order chi connectivity index (χ1) is 6.15. The summed E-state index contributed by atoms with van der Waals surface area (Å²) >= 11 is 0. The molecular formula is C11H21NO. The molecule has 1 rings (SSSR count). The summed E-state index contributed by atoms with van der Waals surface area (Å²) in [5.74, 6) is 1.59. The van der Waals surface area contributed by atoms with E-state index in [0.717, 1.165) is 24.7 Å². The van der Waals surface area contributed by atoms with Crippen LogP contribution in [0.4, 0.5) is 0 Å². The summed E-state index contributed by atoms with van der Waals surface area (Å²) in [5.41, 5.74) is 5.33. The molecule has 13 heavy (non-hydrogen) atoms. The number of hydrogen-bond donors (Lipinski definition) is 1. The lowest BCUT2D eigenvalue weighted by Gasteiger charge is -2.32. The van der Waals surface area contributed by atoms with Gasteiger partial charge >= 0.3 is 0 Å². The molecule has 0 spiro atoms. The molecule has 1 amide bonds. The Hall–Kier alpha value is -0.530. The van der Waals surface area contributed by atoms with E-state index in [2.05, 4.69) is 13.8 Å². The van der Waals surface area contributed by atoms with Crippen molar-refractivity contribution in [3.63, 3.8) is 0 Å². The lowest BCUT2D eigenvalue weighted by atomic mass is 9.73. The Kier molecular flexibility index (Phi) is 3.76. The highest BCUT2D eigenvalue weighted by molar-refractivity contribution is 5.76. The molecule has 2 nitrogen and oxygen atoms in total. The largest absolute Gasteiger partial charge is 0.369 e. The van der Waals surface area contributed by atoms with E-state index in [0.29, 0.717) is 0 Å². The van der Waals surface area contributed by atoms with Crippen LogP contribution in [0, 0.1) is 17.8 Å². The molecule has 1 fully saturated rings. The van der Waals surface area contributed by atoms with Gasteiger partial charge in [0.15, 0.2) is 0 Å². The van der Waals surface area contributed by atoms with E-state index in [9.17, 15) is 4.79 Å². The van der Waals surface area contributed by atoms with Gasteiger partial charge in [0.25, 0.3) is 0 Å². The second-order valence-electron chi connectivity index (χ2n) is 4.44. The summed E-state index contributed by atoms with van der Waals surface area (Å²) in [6.07, 6.45) is 5.70. The molecule has 1 aliphatic rings. The van der Waals surface area contributed by atoms with Crippen LogP contribution >= 0.6 is 0 Å². The quantitative estimate of drug-likeness (QED) is 0.717. The molecule has 3 unspecified atom stereocenters. The van der Waals surface area contributed by atoms with Crippen molar-refractivity contribution in [3.8, 4) is 0 Å². The third-order valence-electron chi connectivity index (χ3n) is 3.42. The van der Waals surface area contributed by atoms with Gasteiger partial charge in [0, 0.05) is 5.92 Å². The van der Waals surface area contributed by atoms with Gasteiger partial charge in [-0.05, 0) is 31.1 Å². The van der Waals surface area contributed by atoms with Crippen molar-refractivity contribution in [1.82, 2.24) is 0 Å². The number of nitrogens with two attached hydrogens (primary N) is 1. The summed E-state index contributed by atoms with van der Waals surface area (Å²) in [6.45, 7) is 4.51. The number of carbonyl (C=O) groups is 1. The Morgan fingerprint density at radius 2 is 2.15 bits per heavy atom. The van der Waals surface area contributed by atoms with E-state index in [1.807, 2.05) is 0 Å². The van der Waals surface area contributed by atoms with Crippen LogP contribution in [0.5, 0.6) is 0 Å². The van der Waals surface area contributed by atoms with Crippen molar-refractivity contribution in [2.24, 2.45) is 23.5 Å². The minimum Gasteiger partial charge on any atom is -0.369 e. The molecule has 0 radical (unpaired) electrons. The van der Waals surface area contributed by atoms with Crippen LogP contribution in [0.3, 0.4) is 0 Å². The summed E-state index contributed by atoms with van der Waals surface area (Å²) < 4.78 is 0. The molecule has 76 valence electrons. The Balaban J connectivity index is 2.47. The average Bonchev–Trinajstić information content (AvgIpc) is 2.08. The fourth-order valence-electron chi connectivity index (χ4n) is 2.45. The van der Waals surface area contributed by atoms with Gasteiger partial charge < -0.3 is 5.73 Å². The monoisotopic (exact) mass is 183 g/mol. The highest BCUT2D eigenvalue weighted by Crippen LogP contribution is 2.35. The molecule has 0 aliphatic heterocycles. The molecule has 0 aromatic carbocycles. The predicted molar refractivity (Wildman–Crippen MR) is 54.1 cm³/mol. The van der Waals surface area contributed by atoms with Gasteiger partial charge in [-0.2, -0.15) is 0 Å². The lowest BCUT2D eigenvalue weighted by molar-refractivity contribution is -0.123. The second kappa shape index (κ2) is 4.64. The number of amides is 1. The van der Waals surface area contributed by atoms with Crippen molar-refractivity contribution in [3.05, 3.63) is 0 Å². The van der Waals surface area contributed by atoms with Crippen LogP contribution in [-0.2, 0) is 4.79 Å². The van der Waals surface area contributed by atoms with Crippen LogP contribution in [0.25, 0.3) is 0 Å². The van der Waals surface area contributed by atoms with E-state index in [4.69, 9.17) is 5.73 Å². The van der Waals surface area contributed by atoms with E-state index < -0.39 is 0 Å². The molecule has 3 atom stereocenters. The highest BCUT2D eigenvalue weighted by Gasteiger charge is 2.29. The maximum Gasteiger partial charge on any atom is 0.220 e. The van der Waals surface area contributed by atoms with E-state index in [1.165, 1.54) is 19.3 Å². The van der Waals surface area contributed by atoms with Crippen molar-refractivity contribution in [1.29, 1.82) is 0 Å². The number of carbonyl (C=O) groups excluding carboxylic acids is 1. The van der Waals surface area contributed by atoms with Gasteiger partial charge in [-0.15, -0.1) is 0 Å². The fraction of sp³-hybridized carbons (Fsp3) is 0.909. The Bertz CT molecular complexity index is 179.